The fourth-order valence-electron chi connectivity index (χ4n) is 1.64. The Kier molecular flexibility index (Phi) is 6.11. The molecule has 4 heteroatoms. The zero-order valence-electron chi connectivity index (χ0n) is 10.6. The monoisotopic (exact) mass is 262 g/mol. The van der Waals surface area contributed by atoms with Gasteiger partial charge in [-0.1, -0.05) is 30.3 Å². The molecule has 0 amide bonds. The maximum absolute atomic E-state index is 5.40. The highest BCUT2D eigenvalue weighted by Crippen LogP contribution is 2.31. The van der Waals surface area contributed by atoms with E-state index in [1.54, 1.807) is 13.4 Å². The third-order valence-electron chi connectivity index (χ3n) is 2.45. The van der Waals surface area contributed by atoms with Crippen LogP contribution in [-0.4, -0.2) is 13.4 Å². The summed E-state index contributed by atoms with van der Waals surface area (Å²) in [5, 5.41) is 0. The van der Waals surface area contributed by atoms with Gasteiger partial charge in [-0.05, 0) is 30.0 Å². The fraction of sp³-hybridized carbons (Fsp3) is 0.143. The fourth-order valence-corrected chi connectivity index (χ4v) is 1.64. The molecule has 0 radical (unpaired) electrons. The Morgan fingerprint density at radius 3 is 2.28 bits per heavy atom. The van der Waals surface area contributed by atoms with Crippen LogP contribution in [-0.2, 0) is 0 Å². The number of hydrazine groups is 1. The van der Waals surface area contributed by atoms with Crippen molar-refractivity contribution < 1.29 is 4.74 Å². The second kappa shape index (κ2) is 7.63. The van der Waals surface area contributed by atoms with Gasteiger partial charge in [0.2, 0.25) is 0 Å². The minimum absolute atomic E-state index is 0.838. The van der Waals surface area contributed by atoms with Crippen LogP contribution in [0, 0.1) is 0 Å². The van der Waals surface area contributed by atoms with Crippen LogP contribution in [0.1, 0.15) is 0 Å². The molecule has 0 unspecified atom stereocenters. The van der Waals surface area contributed by atoms with E-state index in [2.05, 4.69) is 18.1 Å². The molecule has 0 saturated carbocycles. The molecule has 3 N–H and O–H groups in total. The summed E-state index contributed by atoms with van der Waals surface area (Å²) in [4.78, 5) is 0. The van der Waals surface area contributed by atoms with Gasteiger partial charge in [-0.15, -0.1) is 0 Å². The van der Waals surface area contributed by atoms with Gasteiger partial charge in [-0.3, -0.25) is 5.84 Å². The highest BCUT2D eigenvalue weighted by molar-refractivity contribution is 7.79. The topological polar surface area (TPSA) is 47.3 Å². The van der Waals surface area contributed by atoms with E-state index < -0.39 is 0 Å². The number of hydrogen-bond donors (Lipinski definition) is 3. The Labute approximate surface area is 113 Å². The first-order valence-electron chi connectivity index (χ1n) is 5.50. The van der Waals surface area contributed by atoms with Crippen molar-refractivity contribution in [2.45, 2.75) is 0 Å². The van der Waals surface area contributed by atoms with E-state index in [1.165, 1.54) is 0 Å². The molecule has 0 aliphatic heterocycles. The quantitative estimate of drug-likeness (QED) is 0.452. The highest BCUT2D eigenvalue weighted by Gasteiger charge is 2.05. The molecule has 0 saturated heterocycles. The standard InChI is InChI=1S/C13H14N2O.CH4S/c1-16-13-8-7-11(15-14)9-12(13)10-5-3-2-4-6-10;1-2/h2-9,15H,14H2,1H3;2H,1H3. The highest BCUT2D eigenvalue weighted by atomic mass is 32.1. The van der Waals surface area contributed by atoms with Gasteiger partial charge in [0.1, 0.15) is 5.75 Å². The Hall–Kier alpha value is -1.65. The maximum atomic E-state index is 5.40. The minimum atomic E-state index is 0.838. The summed E-state index contributed by atoms with van der Waals surface area (Å²) in [6.45, 7) is 0. The van der Waals surface area contributed by atoms with Crippen LogP contribution in [0.25, 0.3) is 11.1 Å². The van der Waals surface area contributed by atoms with E-state index in [9.17, 15) is 0 Å². The van der Waals surface area contributed by atoms with E-state index in [1.807, 2.05) is 48.5 Å². The number of rotatable bonds is 3. The van der Waals surface area contributed by atoms with Crippen LogP contribution < -0.4 is 16.0 Å². The lowest BCUT2D eigenvalue weighted by Crippen LogP contribution is -2.06. The summed E-state index contributed by atoms with van der Waals surface area (Å²) < 4.78 is 5.33. The first kappa shape index (κ1) is 14.4. The smallest absolute Gasteiger partial charge is 0.126 e. The number of nitrogen functional groups attached to an aromatic ring is 1. The van der Waals surface area contributed by atoms with Crippen molar-refractivity contribution in [2.75, 3.05) is 18.8 Å². The normalized spacial score (nSPS) is 9.11. The molecule has 2 aromatic rings. The minimum Gasteiger partial charge on any atom is -0.496 e. The van der Waals surface area contributed by atoms with Gasteiger partial charge in [0, 0.05) is 11.3 Å². The van der Waals surface area contributed by atoms with Crippen LogP contribution in [0.4, 0.5) is 5.69 Å². The van der Waals surface area contributed by atoms with Gasteiger partial charge >= 0.3 is 0 Å². The van der Waals surface area contributed by atoms with Gasteiger partial charge in [0.05, 0.1) is 7.11 Å². The number of methoxy groups -OCH3 is 1. The largest absolute Gasteiger partial charge is 0.496 e. The predicted molar refractivity (Wildman–Crippen MR) is 81.2 cm³/mol. The van der Waals surface area contributed by atoms with Crippen molar-refractivity contribution in [3.63, 3.8) is 0 Å². The van der Waals surface area contributed by atoms with E-state index in [4.69, 9.17) is 10.6 Å². The Morgan fingerprint density at radius 2 is 1.72 bits per heavy atom. The molecular formula is C14H18N2OS. The van der Waals surface area contributed by atoms with Gasteiger partial charge in [0.15, 0.2) is 0 Å². The second-order valence-corrected chi connectivity index (χ2v) is 3.43. The molecule has 0 atom stereocenters. The van der Waals surface area contributed by atoms with E-state index >= 15 is 0 Å². The Morgan fingerprint density at radius 1 is 1.06 bits per heavy atom. The van der Waals surface area contributed by atoms with Gasteiger partial charge in [-0.2, -0.15) is 12.6 Å². The lowest BCUT2D eigenvalue weighted by Gasteiger charge is -2.10. The maximum Gasteiger partial charge on any atom is 0.126 e. The first-order chi connectivity index (χ1) is 8.85. The van der Waals surface area contributed by atoms with Crippen molar-refractivity contribution in [2.24, 2.45) is 5.84 Å². The van der Waals surface area contributed by atoms with Gasteiger partial charge < -0.3 is 10.2 Å². The van der Waals surface area contributed by atoms with Crippen LogP contribution in [0.5, 0.6) is 5.75 Å². The predicted octanol–water partition coefficient (Wildman–Crippen LogP) is 3.19. The van der Waals surface area contributed by atoms with Crippen molar-refractivity contribution in [3.8, 4) is 16.9 Å². The van der Waals surface area contributed by atoms with Crippen LogP contribution in [0.3, 0.4) is 0 Å². The van der Waals surface area contributed by atoms with E-state index in [-0.39, 0.29) is 0 Å². The molecular weight excluding hydrogens is 244 g/mol. The Balaban J connectivity index is 0.000000771. The molecule has 96 valence electrons. The summed E-state index contributed by atoms with van der Waals surface area (Å²) in [5.41, 5.74) is 5.63. The zero-order chi connectivity index (χ0) is 13.4. The molecule has 0 aliphatic carbocycles. The van der Waals surface area contributed by atoms with E-state index in [0.717, 1.165) is 22.6 Å². The average molecular weight is 262 g/mol. The molecule has 0 heterocycles. The molecule has 18 heavy (non-hydrogen) atoms. The lowest BCUT2D eigenvalue weighted by molar-refractivity contribution is 0.416. The number of anilines is 1. The van der Waals surface area contributed by atoms with Crippen molar-refractivity contribution in [1.82, 2.24) is 0 Å². The lowest BCUT2D eigenvalue weighted by atomic mass is 10.0. The molecule has 3 nitrogen and oxygen atoms in total. The van der Waals surface area contributed by atoms with Gasteiger partial charge in [-0.25, -0.2) is 0 Å². The first-order valence-corrected chi connectivity index (χ1v) is 6.39. The third-order valence-corrected chi connectivity index (χ3v) is 2.45. The number of nitrogens with one attached hydrogen (secondary N) is 1. The molecule has 0 spiro atoms. The number of benzene rings is 2. The molecule has 0 fully saturated rings. The number of ether oxygens (including phenoxy) is 1. The number of hydrogen-bond acceptors (Lipinski definition) is 4. The summed E-state index contributed by atoms with van der Waals surface area (Å²) >= 11 is 3.53. The summed E-state index contributed by atoms with van der Waals surface area (Å²) in [5.74, 6) is 6.24. The molecule has 2 aromatic carbocycles. The number of nitrogens with two attached hydrogens (primary N) is 1. The number of thiol groups is 1. The van der Waals surface area contributed by atoms with E-state index in [0.29, 0.717) is 0 Å². The molecule has 0 bridgehead atoms. The van der Waals surface area contributed by atoms with Crippen molar-refractivity contribution in [1.29, 1.82) is 0 Å². The summed E-state index contributed by atoms with van der Waals surface area (Å²) in [6.07, 6.45) is 1.69. The zero-order valence-corrected chi connectivity index (χ0v) is 11.4. The van der Waals surface area contributed by atoms with Crippen molar-refractivity contribution in [3.05, 3.63) is 48.5 Å². The second-order valence-electron chi connectivity index (χ2n) is 3.43. The third kappa shape index (κ3) is 3.42. The molecule has 0 aromatic heterocycles. The summed E-state index contributed by atoms with van der Waals surface area (Å²) in [6, 6.07) is 15.8. The SMILES string of the molecule is COc1ccc(NN)cc1-c1ccccc1.CS. The van der Waals surface area contributed by atoms with Crippen molar-refractivity contribution >= 4 is 18.3 Å². The van der Waals surface area contributed by atoms with Crippen LogP contribution in [0.2, 0.25) is 0 Å². The van der Waals surface area contributed by atoms with Gasteiger partial charge in [0.25, 0.3) is 0 Å². The van der Waals surface area contributed by atoms with Crippen LogP contribution in [0.15, 0.2) is 48.5 Å². The summed E-state index contributed by atoms with van der Waals surface area (Å²) in [7, 11) is 1.66. The molecule has 2 rings (SSSR count). The Bertz CT molecular complexity index is 474. The van der Waals surface area contributed by atoms with Crippen LogP contribution >= 0.6 is 12.6 Å². The average Bonchev–Trinajstić information content (AvgIpc) is 2.49. The molecule has 0 aliphatic rings.